The Labute approximate surface area is 140 Å². The summed E-state index contributed by atoms with van der Waals surface area (Å²) in [5.41, 5.74) is 3.37. The molecule has 0 bridgehead atoms. The van der Waals surface area contributed by atoms with E-state index in [2.05, 4.69) is 15.3 Å². The summed E-state index contributed by atoms with van der Waals surface area (Å²) in [6.07, 6.45) is 1.72. The number of carbonyl (C=O) groups is 2. The second kappa shape index (κ2) is 6.40. The largest absolute Gasteiger partial charge is 0.480 e. The number of nitrogens with zero attached hydrogens (tertiary/aromatic N) is 1. The van der Waals surface area contributed by atoms with Gasteiger partial charge in [0, 0.05) is 23.5 Å². The van der Waals surface area contributed by atoms with Crippen molar-refractivity contribution in [1.29, 1.82) is 0 Å². The van der Waals surface area contributed by atoms with Crippen LogP contribution in [0.3, 0.4) is 0 Å². The van der Waals surface area contributed by atoms with Crippen molar-refractivity contribution >= 4 is 34.1 Å². The zero-order chi connectivity index (χ0) is 17.3. The van der Waals surface area contributed by atoms with Crippen LogP contribution < -0.4 is 5.32 Å². The fraction of sp³-hybridized carbons (Fsp3) is 0.188. The van der Waals surface area contributed by atoms with Crippen LogP contribution in [0.2, 0.25) is 0 Å². The van der Waals surface area contributed by atoms with E-state index in [-0.39, 0.29) is 12.2 Å². The number of hydrogen-bond acceptors (Lipinski definition) is 4. The van der Waals surface area contributed by atoms with E-state index in [1.165, 1.54) is 17.6 Å². The number of H-pyrrole nitrogens is 1. The lowest BCUT2D eigenvalue weighted by Crippen LogP contribution is -2.42. The third kappa shape index (κ3) is 3.13. The number of thiazole rings is 1. The SMILES string of the molecule is Cc1ncsc1C(=O)NC(Cc1c[nH]c2cc(F)ccc12)C(=O)O. The highest BCUT2D eigenvalue weighted by Crippen LogP contribution is 2.21. The van der Waals surface area contributed by atoms with Gasteiger partial charge in [-0.3, -0.25) is 4.79 Å². The van der Waals surface area contributed by atoms with Crippen LogP contribution in [0.15, 0.2) is 29.9 Å². The molecule has 6 nitrogen and oxygen atoms in total. The molecule has 24 heavy (non-hydrogen) atoms. The lowest BCUT2D eigenvalue weighted by Gasteiger charge is -2.13. The van der Waals surface area contributed by atoms with Crippen LogP contribution in [-0.2, 0) is 11.2 Å². The van der Waals surface area contributed by atoms with Gasteiger partial charge in [0.25, 0.3) is 5.91 Å². The Balaban J connectivity index is 1.82. The van der Waals surface area contributed by atoms with Crippen molar-refractivity contribution in [3.8, 4) is 0 Å². The van der Waals surface area contributed by atoms with E-state index in [4.69, 9.17) is 0 Å². The zero-order valence-electron chi connectivity index (χ0n) is 12.7. The highest BCUT2D eigenvalue weighted by Gasteiger charge is 2.24. The first-order valence-corrected chi connectivity index (χ1v) is 8.03. The van der Waals surface area contributed by atoms with Crippen molar-refractivity contribution in [1.82, 2.24) is 15.3 Å². The molecule has 1 amide bonds. The van der Waals surface area contributed by atoms with E-state index in [0.717, 1.165) is 16.7 Å². The predicted octanol–water partition coefficient (Wildman–Crippen LogP) is 2.50. The number of aromatic amines is 1. The van der Waals surface area contributed by atoms with Crippen LogP contribution in [0.4, 0.5) is 4.39 Å². The number of hydrogen-bond donors (Lipinski definition) is 3. The van der Waals surface area contributed by atoms with Crippen LogP contribution in [0, 0.1) is 12.7 Å². The summed E-state index contributed by atoms with van der Waals surface area (Å²) >= 11 is 1.16. The molecule has 2 heterocycles. The van der Waals surface area contributed by atoms with Gasteiger partial charge in [0.2, 0.25) is 0 Å². The quantitative estimate of drug-likeness (QED) is 0.661. The summed E-state index contributed by atoms with van der Waals surface area (Å²) in [4.78, 5) is 31.0. The monoisotopic (exact) mass is 347 g/mol. The van der Waals surface area contributed by atoms with E-state index in [9.17, 15) is 19.1 Å². The smallest absolute Gasteiger partial charge is 0.326 e. The molecule has 0 spiro atoms. The molecule has 3 aromatic rings. The molecular formula is C16H14FN3O3S. The Morgan fingerprint density at radius 3 is 2.92 bits per heavy atom. The molecule has 1 aromatic carbocycles. The lowest BCUT2D eigenvalue weighted by atomic mass is 10.0. The first-order valence-electron chi connectivity index (χ1n) is 7.15. The van der Waals surface area contributed by atoms with Crippen molar-refractivity contribution in [2.24, 2.45) is 0 Å². The van der Waals surface area contributed by atoms with Gasteiger partial charge < -0.3 is 15.4 Å². The van der Waals surface area contributed by atoms with Gasteiger partial charge in [0.15, 0.2) is 0 Å². The standard InChI is InChI=1S/C16H14FN3O3S/c1-8-14(24-7-19-8)15(21)20-13(16(22)23)4-9-6-18-12-5-10(17)2-3-11(9)12/h2-3,5-7,13,18H,4H2,1H3,(H,20,21)(H,22,23). The van der Waals surface area contributed by atoms with E-state index >= 15 is 0 Å². The number of benzene rings is 1. The highest BCUT2D eigenvalue weighted by molar-refractivity contribution is 7.11. The molecule has 124 valence electrons. The Kier molecular flexibility index (Phi) is 4.30. The molecule has 0 aliphatic heterocycles. The van der Waals surface area contributed by atoms with Gasteiger partial charge in [-0.15, -0.1) is 11.3 Å². The van der Waals surface area contributed by atoms with Crippen molar-refractivity contribution in [3.63, 3.8) is 0 Å². The fourth-order valence-corrected chi connectivity index (χ4v) is 3.20. The number of aliphatic carboxylic acids is 1. The Hall–Kier alpha value is -2.74. The molecular weight excluding hydrogens is 333 g/mol. The third-order valence-corrected chi connectivity index (χ3v) is 4.64. The molecule has 1 unspecified atom stereocenters. The van der Waals surface area contributed by atoms with Crippen LogP contribution in [0.1, 0.15) is 20.9 Å². The summed E-state index contributed by atoms with van der Waals surface area (Å²) in [5, 5.41) is 12.7. The maximum Gasteiger partial charge on any atom is 0.326 e. The fourth-order valence-electron chi connectivity index (χ4n) is 2.49. The molecule has 3 N–H and O–H groups in total. The van der Waals surface area contributed by atoms with E-state index in [1.54, 1.807) is 19.2 Å². The lowest BCUT2D eigenvalue weighted by molar-refractivity contribution is -0.139. The molecule has 0 radical (unpaired) electrons. The molecule has 0 saturated carbocycles. The number of halogens is 1. The number of carbonyl (C=O) groups excluding carboxylic acids is 1. The van der Waals surface area contributed by atoms with Gasteiger partial charge in [0.1, 0.15) is 16.7 Å². The Morgan fingerprint density at radius 1 is 1.46 bits per heavy atom. The van der Waals surface area contributed by atoms with Gasteiger partial charge >= 0.3 is 5.97 Å². The van der Waals surface area contributed by atoms with Gasteiger partial charge in [-0.2, -0.15) is 0 Å². The van der Waals surface area contributed by atoms with Crippen LogP contribution in [0.5, 0.6) is 0 Å². The zero-order valence-corrected chi connectivity index (χ0v) is 13.5. The number of nitrogens with one attached hydrogen (secondary N) is 2. The van der Waals surface area contributed by atoms with E-state index in [1.807, 2.05) is 0 Å². The number of rotatable bonds is 5. The van der Waals surface area contributed by atoms with Gasteiger partial charge in [-0.1, -0.05) is 0 Å². The van der Waals surface area contributed by atoms with Crippen LogP contribution >= 0.6 is 11.3 Å². The topological polar surface area (TPSA) is 95.1 Å². The minimum atomic E-state index is -1.14. The summed E-state index contributed by atoms with van der Waals surface area (Å²) in [7, 11) is 0. The molecule has 0 fully saturated rings. The molecule has 2 aromatic heterocycles. The number of aryl methyl sites for hydroxylation is 1. The van der Waals surface area contributed by atoms with Crippen LogP contribution in [0.25, 0.3) is 10.9 Å². The average Bonchev–Trinajstić information content (AvgIpc) is 3.12. The second-order valence-electron chi connectivity index (χ2n) is 5.34. The van der Waals surface area contributed by atoms with Gasteiger partial charge in [-0.05, 0) is 30.7 Å². The molecule has 1 atom stereocenters. The summed E-state index contributed by atoms with van der Waals surface area (Å²) in [6, 6.07) is 3.15. The number of carboxylic acids is 1. The van der Waals surface area contributed by atoms with Crippen molar-refractivity contribution in [2.45, 2.75) is 19.4 Å². The molecule has 0 aliphatic rings. The number of amides is 1. The second-order valence-corrected chi connectivity index (χ2v) is 6.19. The van der Waals surface area contributed by atoms with Crippen molar-refractivity contribution in [3.05, 3.63) is 51.9 Å². The Morgan fingerprint density at radius 2 is 2.25 bits per heavy atom. The van der Waals surface area contributed by atoms with Crippen molar-refractivity contribution in [2.75, 3.05) is 0 Å². The number of aromatic nitrogens is 2. The molecule has 8 heteroatoms. The van der Waals surface area contributed by atoms with Crippen LogP contribution in [-0.4, -0.2) is 33.0 Å². The van der Waals surface area contributed by atoms with E-state index < -0.39 is 17.9 Å². The summed E-state index contributed by atoms with van der Waals surface area (Å²) in [5.74, 6) is -1.98. The predicted molar refractivity (Wildman–Crippen MR) is 87.7 cm³/mol. The minimum absolute atomic E-state index is 0.0879. The maximum absolute atomic E-state index is 13.2. The molecule has 0 saturated heterocycles. The van der Waals surface area contributed by atoms with Gasteiger partial charge in [0.05, 0.1) is 11.2 Å². The van der Waals surface area contributed by atoms with Gasteiger partial charge in [-0.25, -0.2) is 14.2 Å². The maximum atomic E-state index is 13.2. The third-order valence-electron chi connectivity index (χ3n) is 3.71. The average molecular weight is 347 g/mol. The van der Waals surface area contributed by atoms with E-state index in [0.29, 0.717) is 21.7 Å². The first-order chi connectivity index (χ1) is 11.5. The van der Waals surface area contributed by atoms with Crippen molar-refractivity contribution < 1.29 is 19.1 Å². The minimum Gasteiger partial charge on any atom is -0.480 e. The summed E-state index contributed by atoms with van der Waals surface area (Å²) in [6.45, 7) is 1.69. The summed E-state index contributed by atoms with van der Waals surface area (Å²) < 4.78 is 13.2. The normalized spacial score (nSPS) is 12.2. The Bertz CT molecular complexity index is 918. The molecule has 0 aliphatic carbocycles. The first kappa shape index (κ1) is 16.1. The number of carboxylic acid groups (broad SMARTS) is 1. The highest BCUT2D eigenvalue weighted by atomic mass is 32.1. The molecule has 3 rings (SSSR count). The number of fused-ring (bicyclic) bond motifs is 1.